The molecule has 6 nitrogen and oxygen atoms in total. The summed E-state index contributed by atoms with van der Waals surface area (Å²) in [5, 5.41) is 7.77. The van der Waals surface area contributed by atoms with Gasteiger partial charge in [-0.1, -0.05) is 19.4 Å². The third-order valence-electron chi connectivity index (χ3n) is 3.42. The second-order valence-electron chi connectivity index (χ2n) is 5.43. The van der Waals surface area contributed by atoms with Crippen LogP contribution in [0.2, 0.25) is 0 Å². The number of ketones is 1. The predicted octanol–water partition coefficient (Wildman–Crippen LogP) is 3.55. The first-order valence-electron chi connectivity index (χ1n) is 7.97. The Kier molecular flexibility index (Phi) is 6.45. The van der Waals surface area contributed by atoms with Gasteiger partial charge >= 0.3 is 0 Å². The molecule has 0 aromatic carbocycles. The van der Waals surface area contributed by atoms with E-state index in [1.54, 1.807) is 24.5 Å². The van der Waals surface area contributed by atoms with Crippen molar-refractivity contribution in [1.29, 1.82) is 0 Å². The van der Waals surface area contributed by atoms with Crippen LogP contribution >= 0.6 is 0 Å². The summed E-state index contributed by atoms with van der Waals surface area (Å²) >= 11 is 0. The summed E-state index contributed by atoms with van der Waals surface area (Å²) in [5.74, 6) is 0.0586. The molecule has 130 valence electrons. The van der Waals surface area contributed by atoms with E-state index in [1.165, 1.54) is 13.0 Å². The van der Waals surface area contributed by atoms with Gasteiger partial charge < -0.3 is 4.98 Å². The lowest BCUT2D eigenvalue weighted by molar-refractivity contribution is 0.101. The van der Waals surface area contributed by atoms with Crippen molar-refractivity contribution in [3.05, 3.63) is 59.6 Å². The number of nitrogens with zero attached hydrogens (tertiary/aromatic N) is 4. The first-order chi connectivity index (χ1) is 12.0. The average Bonchev–Trinajstić information content (AvgIpc) is 3.12. The average molecular weight is 341 g/mol. The van der Waals surface area contributed by atoms with Crippen LogP contribution in [-0.4, -0.2) is 30.9 Å². The number of H-pyrrole nitrogens is 1. The van der Waals surface area contributed by atoms with E-state index in [4.69, 9.17) is 0 Å². The molecule has 0 saturated carbocycles. The second-order valence-corrected chi connectivity index (χ2v) is 5.43. The van der Waals surface area contributed by atoms with E-state index in [0.717, 1.165) is 24.1 Å². The van der Waals surface area contributed by atoms with Crippen LogP contribution in [0.3, 0.4) is 0 Å². The van der Waals surface area contributed by atoms with Gasteiger partial charge in [-0.15, -0.1) is 5.10 Å². The maximum atomic E-state index is 12.6. The lowest BCUT2D eigenvalue weighted by Crippen LogP contribution is -2.03. The molecule has 0 spiro atoms. The van der Waals surface area contributed by atoms with Crippen LogP contribution < -0.4 is 0 Å². The van der Waals surface area contributed by atoms with Gasteiger partial charge in [-0.2, -0.15) is 9.49 Å². The number of imidazole rings is 1. The Labute approximate surface area is 145 Å². The van der Waals surface area contributed by atoms with Crippen LogP contribution in [0.1, 0.15) is 42.0 Å². The number of aromatic nitrogens is 5. The minimum atomic E-state index is -0.496. The van der Waals surface area contributed by atoms with E-state index < -0.39 is 5.95 Å². The number of rotatable bonds is 4. The fourth-order valence-electron chi connectivity index (χ4n) is 2.13. The molecule has 0 radical (unpaired) electrons. The van der Waals surface area contributed by atoms with Gasteiger partial charge in [-0.25, -0.2) is 9.97 Å². The van der Waals surface area contributed by atoms with Crippen molar-refractivity contribution >= 4 is 5.78 Å². The van der Waals surface area contributed by atoms with Gasteiger partial charge in [-0.3, -0.25) is 4.79 Å². The fraction of sp³-hybridized carbons (Fsp3) is 0.278. The maximum Gasteiger partial charge on any atom is 0.213 e. The molecule has 3 heterocycles. The lowest BCUT2D eigenvalue weighted by Gasteiger charge is -2.03. The number of carbonyl (C=O) groups excluding carboxylic acids is 1. The van der Waals surface area contributed by atoms with Crippen LogP contribution in [0.4, 0.5) is 4.39 Å². The highest BCUT2D eigenvalue weighted by Crippen LogP contribution is 2.10. The van der Waals surface area contributed by atoms with E-state index >= 15 is 0 Å². The van der Waals surface area contributed by atoms with Crippen molar-refractivity contribution in [2.45, 2.75) is 33.6 Å². The van der Waals surface area contributed by atoms with Crippen molar-refractivity contribution in [2.24, 2.45) is 0 Å². The van der Waals surface area contributed by atoms with E-state index in [0.29, 0.717) is 17.2 Å². The number of Topliss-reactive ketones (excluding diaryl/α,β-unsaturated/α-hetero) is 1. The molecule has 0 amide bonds. The van der Waals surface area contributed by atoms with E-state index in [1.807, 2.05) is 13.0 Å². The molecular formula is C18H20FN5O. The van der Waals surface area contributed by atoms with E-state index in [9.17, 15) is 9.18 Å². The molecule has 3 aromatic heterocycles. The number of carbonyl (C=O) groups is 1. The number of hydrogen-bond donors (Lipinski definition) is 1. The van der Waals surface area contributed by atoms with Crippen LogP contribution in [0.15, 0.2) is 36.7 Å². The van der Waals surface area contributed by atoms with Gasteiger partial charge in [0.05, 0.1) is 5.69 Å². The Bertz CT molecular complexity index is 833. The lowest BCUT2D eigenvalue weighted by atomic mass is 10.1. The smallest absolute Gasteiger partial charge is 0.213 e. The van der Waals surface area contributed by atoms with Crippen molar-refractivity contribution in [2.75, 3.05) is 0 Å². The summed E-state index contributed by atoms with van der Waals surface area (Å²) in [7, 11) is 0. The Morgan fingerprint density at radius 3 is 2.68 bits per heavy atom. The van der Waals surface area contributed by atoms with Crippen molar-refractivity contribution in [1.82, 2.24) is 25.1 Å². The zero-order valence-corrected chi connectivity index (χ0v) is 14.5. The van der Waals surface area contributed by atoms with Gasteiger partial charge in [-0.05, 0) is 37.1 Å². The fourth-order valence-corrected chi connectivity index (χ4v) is 2.13. The Morgan fingerprint density at radius 1 is 1.28 bits per heavy atom. The minimum Gasteiger partial charge on any atom is -0.343 e. The first-order valence-corrected chi connectivity index (χ1v) is 7.97. The highest BCUT2D eigenvalue weighted by molar-refractivity contribution is 5.92. The molecule has 0 aliphatic carbocycles. The monoisotopic (exact) mass is 341 g/mol. The van der Waals surface area contributed by atoms with E-state index in [-0.39, 0.29) is 5.78 Å². The standard InChI is InChI=1S/C10H14N2O.C8H6FN3/c1-4-5-9-6-10(8(3)13)12-11-7(9)2;9-7-3-1-2-6(12-7)8-10-4-5-11-8/h6H,4-5H2,1-3H3;1-5H,(H,10,11). The highest BCUT2D eigenvalue weighted by Gasteiger charge is 2.05. The Hall–Kier alpha value is -2.96. The summed E-state index contributed by atoms with van der Waals surface area (Å²) in [6, 6.07) is 6.43. The number of halogens is 1. The number of aromatic amines is 1. The van der Waals surface area contributed by atoms with Crippen molar-refractivity contribution in [3.8, 4) is 11.5 Å². The number of nitrogens with one attached hydrogen (secondary N) is 1. The molecule has 7 heteroatoms. The normalized spacial score (nSPS) is 10.1. The molecule has 25 heavy (non-hydrogen) atoms. The van der Waals surface area contributed by atoms with Gasteiger partial charge in [0.2, 0.25) is 5.95 Å². The number of hydrogen-bond acceptors (Lipinski definition) is 5. The highest BCUT2D eigenvalue weighted by atomic mass is 19.1. The SMILES string of the molecule is CCCc1cc(C(C)=O)nnc1C.Fc1cccc(-c2ncc[nH]2)n1. The zero-order chi connectivity index (χ0) is 18.2. The van der Waals surface area contributed by atoms with Gasteiger partial charge in [0.15, 0.2) is 11.6 Å². The quantitative estimate of drug-likeness (QED) is 0.579. The third kappa shape index (κ3) is 5.27. The Balaban J connectivity index is 0.000000181. The van der Waals surface area contributed by atoms with Crippen molar-refractivity contribution in [3.63, 3.8) is 0 Å². The number of aryl methyl sites for hydroxylation is 2. The van der Waals surface area contributed by atoms with Crippen LogP contribution in [0.5, 0.6) is 0 Å². The molecule has 0 aliphatic heterocycles. The number of pyridine rings is 1. The van der Waals surface area contributed by atoms with Gasteiger partial charge in [0.25, 0.3) is 0 Å². The molecule has 0 bridgehead atoms. The molecule has 0 atom stereocenters. The molecule has 3 aromatic rings. The molecule has 1 N–H and O–H groups in total. The van der Waals surface area contributed by atoms with Crippen LogP contribution in [0, 0.1) is 12.9 Å². The molecule has 0 fully saturated rings. The van der Waals surface area contributed by atoms with Crippen LogP contribution in [-0.2, 0) is 6.42 Å². The molecule has 3 rings (SSSR count). The summed E-state index contributed by atoms with van der Waals surface area (Å²) in [6.45, 7) is 5.53. The van der Waals surface area contributed by atoms with Gasteiger partial charge in [0.1, 0.15) is 11.4 Å². The summed E-state index contributed by atoms with van der Waals surface area (Å²) < 4.78 is 12.6. The molecule has 0 unspecified atom stereocenters. The second kappa shape index (κ2) is 8.77. The molecule has 0 aliphatic rings. The topological polar surface area (TPSA) is 84.4 Å². The predicted molar refractivity (Wildman–Crippen MR) is 92.5 cm³/mol. The van der Waals surface area contributed by atoms with Crippen molar-refractivity contribution < 1.29 is 9.18 Å². The third-order valence-corrected chi connectivity index (χ3v) is 3.42. The van der Waals surface area contributed by atoms with E-state index in [2.05, 4.69) is 32.1 Å². The Morgan fingerprint density at radius 2 is 2.08 bits per heavy atom. The summed E-state index contributed by atoms with van der Waals surface area (Å²) in [5.41, 5.74) is 3.03. The van der Waals surface area contributed by atoms with Gasteiger partial charge in [0, 0.05) is 19.3 Å². The summed E-state index contributed by atoms with van der Waals surface area (Å²) in [4.78, 5) is 21.4. The summed E-state index contributed by atoms with van der Waals surface area (Å²) in [6.07, 6.45) is 5.29. The van der Waals surface area contributed by atoms with Crippen LogP contribution in [0.25, 0.3) is 11.5 Å². The molecular weight excluding hydrogens is 321 g/mol. The zero-order valence-electron chi connectivity index (χ0n) is 14.5. The maximum absolute atomic E-state index is 12.6. The first kappa shape index (κ1) is 18.4. The minimum absolute atomic E-state index is 0.0233. The largest absolute Gasteiger partial charge is 0.343 e. The molecule has 0 saturated heterocycles.